The molecule has 1 heterocycles. The lowest BCUT2D eigenvalue weighted by Crippen LogP contribution is -2.65. The third-order valence-corrected chi connectivity index (χ3v) is 18.0. The third kappa shape index (κ3) is 9.45. The fourth-order valence-electron chi connectivity index (χ4n) is 14.1. The highest BCUT2D eigenvalue weighted by atomic mass is 16.5. The summed E-state index contributed by atoms with van der Waals surface area (Å²) >= 11 is 0. The van der Waals surface area contributed by atoms with E-state index >= 15 is 0 Å². The van der Waals surface area contributed by atoms with E-state index in [1.807, 2.05) is 0 Å². The molecule has 0 spiro atoms. The fraction of sp³-hybridized carbons (Fsp3) is 0.863. The zero-order valence-corrected chi connectivity index (χ0v) is 39.2. The molecule has 5 aliphatic carbocycles. The molecule has 4 saturated carbocycles. The van der Waals surface area contributed by atoms with Crippen molar-refractivity contribution in [1.82, 2.24) is 15.0 Å². The van der Waals surface area contributed by atoms with Crippen molar-refractivity contribution >= 4 is 17.9 Å². The molecule has 0 aliphatic heterocycles. The van der Waals surface area contributed by atoms with Crippen LogP contribution in [0.1, 0.15) is 215 Å². The second-order valence-electron chi connectivity index (χ2n) is 22.6. The Labute approximate surface area is 363 Å². The number of carboxylic acids is 1. The Kier molecular flexibility index (Phi) is 14.8. The lowest BCUT2D eigenvalue weighted by atomic mass is 9.33. The average molecular weight is 834 g/mol. The summed E-state index contributed by atoms with van der Waals surface area (Å²) in [5, 5.41) is 19.0. The van der Waals surface area contributed by atoms with Crippen LogP contribution in [0.2, 0.25) is 0 Å². The van der Waals surface area contributed by atoms with Gasteiger partial charge in [0.25, 0.3) is 0 Å². The van der Waals surface area contributed by atoms with Crippen molar-refractivity contribution in [1.29, 1.82) is 0 Å². The summed E-state index contributed by atoms with van der Waals surface area (Å²) in [5.74, 6) is -0.112. The monoisotopic (exact) mass is 834 g/mol. The van der Waals surface area contributed by atoms with Gasteiger partial charge in [-0.15, -0.1) is 5.10 Å². The SMILES string of the molecule is CCCCCCCCCCCCCCCC(=O)OCc1cn(CC(=O)O[C@H]2CC[C@]3(C)[C@H]4CC=C5[C@@H]6CC(C)(C)CC[C@]6(C(=O)O)CC[C@@]5(C)[C@]4(C)CC[C@H]3C2(C)C)nn1. The zero-order chi connectivity index (χ0) is 43.4. The van der Waals surface area contributed by atoms with Crippen LogP contribution in [0, 0.1) is 50.2 Å². The van der Waals surface area contributed by atoms with Gasteiger partial charge < -0.3 is 14.6 Å². The van der Waals surface area contributed by atoms with E-state index in [4.69, 9.17) is 9.47 Å². The van der Waals surface area contributed by atoms with Crippen LogP contribution in [0.15, 0.2) is 17.8 Å². The number of aromatic nitrogens is 3. The maximum Gasteiger partial charge on any atom is 0.328 e. The Morgan fingerprint density at radius 3 is 2.05 bits per heavy atom. The lowest BCUT2D eigenvalue weighted by molar-refractivity contribution is -0.214. The van der Waals surface area contributed by atoms with Crippen molar-refractivity contribution < 1.29 is 29.0 Å². The highest BCUT2D eigenvalue weighted by molar-refractivity contribution is 5.76. The molecule has 1 N–H and O–H groups in total. The smallest absolute Gasteiger partial charge is 0.328 e. The molecule has 0 radical (unpaired) electrons. The first-order chi connectivity index (χ1) is 28.4. The van der Waals surface area contributed by atoms with E-state index in [0.29, 0.717) is 24.0 Å². The first kappa shape index (κ1) is 46.8. The van der Waals surface area contributed by atoms with Crippen LogP contribution >= 0.6 is 0 Å². The van der Waals surface area contributed by atoms with Crippen LogP contribution in [-0.4, -0.2) is 44.1 Å². The van der Waals surface area contributed by atoms with Gasteiger partial charge in [0.2, 0.25) is 0 Å². The van der Waals surface area contributed by atoms with E-state index < -0.39 is 11.4 Å². The van der Waals surface area contributed by atoms with Crippen molar-refractivity contribution in [2.75, 3.05) is 0 Å². The molecule has 0 amide bonds. The maximum atomic E-state index is 13.5. The van der Waals surface area contributed by atoms with Crippen molar-refractivity contribution in [3.8, 4) is 0 Å². The fourth-order valence-corrected chi connectivity index (χ4v) is 14.1. The Hall–Kier alpha value is -2.71. The molecule has 0 aromatic carbocycles. The highest BCUT2D eigenvalue weighted by Gasteiger charge is 2.69. The first-order valence-electron chi connectivity index (χ1n) is 24.6. The minimum atomic E-state index is -0.624. The van der Waals surface area contributed by atoms with E-state index in [1.165, 1.54) is 80.9 Å². The summed E-state index contributed by atoms with van der Waals surface area (Å²) in [4.78, 5) is 38.9. The van der Waals surface area contributed by atoms with Gasteiger partial charge in [0.05, 0.1) is 11.6 Å². The number of carbonyl (C=O) groups is 3. The van der Waals surface area contributed by atoms with Crippen LogP contribution in [-0.2, 0) is 37.0 Å². The molecule has 60 heavy (non-hydrogen) atoms. The van der Waals surface area contributed by atoms with Gasteiger partial charge in [-0.05, 0) is 110 Å². The molecule has 0 unspecified atom stereocenters. The molecule has 1 aromatic rings. The van der Waals surface area contributed by atoms with E-state index in [2.05, 4.69) is 71.8 Å². The van der Waals surface area contributed by atoms with Crippen molar-refractivity contribution in [2.45, 2.75) is 229 Å². The van der Waals surface area contributed by atoms with Gasteiger partial charge in [-0.3, -0.25) is 14.4 Å². The number of nitrogens with zero attached hydrogens (tertiary/aromatic N) is 3. The summed E-state index contributed by atoms with van der Waals surface area (Å²) in [6.45, 7) is 19.2. The van der Waals surface area contributed by atoms with Crippen molar-refractivity contribution in [2.24, 2.45) is 50.2 Å². The summed E-state index contributed by atoms with van der Waals surface area (Å²) < 4.78 is 13.3. The first-order valence-corrected chi connectivity index (χ1v) is 24.6. The zero-order valence-electron chi connectivity index (χ0n) is 39.2. The van der Waals surface area contributed by atoms with Crippen LogP contribution in [0.25, 0.3) is 0 Å². The van der Waals surface area contributed by atoms with Crippen LogP contribution in [0.5, 0.6) is 0 Å². The van der Waals surface area contributed by atoms with Crippen LogP contribution < -0.4 is 0 Å². The van der Waals surface area contributed by atoms with Crippen LogP contribution in [0.4, 0.5) is 0 Å². The largest absolute Gasteiger partial charge is 0.481 e. The summed E-state index contributed by atoms with van der Waals surface area (Å²) in [5.41, 5.74) is 1.46. The number of esters is 2. The number of carbonyl (C=O) groups excluding carboxylic acids is 2. The highest BCUT2D eigenvalue weighted by Crippen LogP contribution is 2.76. The molecule has 8 atom stereocenters. The number of ether oxygens (including phenoxy) is 2. The average Bonchev–Trinajstić information content (AvgIpc) is 3.63. The summed E-state index contributed by atoms with van der Waals surface area (Å²) in [6, 6.07) is 0. The topological polar surface area (TPSA) is 121 Å². The second-order valence-corrected chi connectivity index (χ2v) is 22.6. The molecule has 1 aromatic heterocycles. The number of allylic oxidation sites excluding steroid dienone is 2. The number of rotatable bonds is 20. The molecule has 9 heteroatoms. The number of hydrogen-bond acceptors (Lipinski definition) is 7. The molecular weight excluding hydrogens is 751 g/mol. The Morgan fingerprint density at radius 2 is 1.40 bits per heavy atom. The number of carboxylic acid groups (broad SMARTS) is 1. The van der Waals surface area contributed by atoms with E-state index in [9.17, 15) is 19.5 Å². The Bertz CT molecular complexity index is 1680. The second kappa shape index (κ2) is 19.0. The molecule has 0 saturated heterocycles. The lowest BCUT2D eigenvalue weighted by Gasteiger charge is -2.71. The molecule has 4 fully saturated rings. The van der Waals surface area contributed by atoms with E-state index in [0.717, 1.165) is 77.0 Å². The maximum absolute atomic E-state index is 13.5. The third-order valence-electron chi connectivity index (χ3n) is 18.0. The van der Waals surface area contributed by atoms with Crippen molar-refractivity contribution in [3.05, 3.63) is 23.5 Å². The normalized spacial score (nSPS) is 34.0. The standard InChI is InChI=1S/C51H83N3O6/c1-9-10-11-12-13-14-15-16-17-18-19-20-21-22-43(55)59-36-37-34-54(53-52-37)35-44(56)60-42-26-27-48(6)40(47(42,4)5)25-28-50(8)41(48)24-23-38-39-33-46(2,3)29-31-51(39,45(57)58)32-30-49(38,50)7/h23,34,39-42H,9-22,24-33,35-36H2,1-8H3,(H,57,58)/t39-,40-,41+,42-,48-,49+,50+,51-/m0/s1. The molecular formula is C51H83N3O6. The molecule has 5 aliphatic rings. The van der Waals surface area contributed by atoms with Gasteiger partial charge in [0, 0.05) is 11.8 Å². The van der Waals surface area contributed by atoms with Gasteiger partial charge in [0.15, 0.2) is 0 Å². The molecule has 0 bridgehead atoms. The summed E-state index contributed by atoms with van der Waals surface area (Å²) in [6.07, 6.45) is 30.4. The van der Waals surface area contributed by atoms with Gasteiger partial charge in [-0.25, -0.2) is 4.68 Å². The van der Waals surface area contributed by atoms with Gasteiger partial charge in [-0.1, -0.05) is 149 Å². The van der Waals surface area contributed by atoms with Gasteiger partial charge in [-0.2, -0.15) is 0 Å². The molecule has 9 nitrogen and oxygen atoms in total. The quantitative estimate of drug-likeness (QED) is 0.0783. The van der Waals surface area contributed by atoms with E-state index in [-0.39, 0.29) is 64.2 Å². The molecule has 6 rings (SSSR count). The van der Waals surface area contributed by atoms with E-state index in [1.54, 1.807) is 6.20 Å². The number of fused-ring (bicyclic) bond motifs is 7. The molecule has 338 valence electrons. The van der Waals surface area contributed by atoms with Gasteiger partial charge >= 0.3 is 17.9 Å². The number of aliphatic carboxylic acids is 1. The number of unbranched alkanes of at least 4 members (excludes halogenated alkanes) is 12. The van der Waals surface area contributed by atoms with Crippen molar-refractivity contribution in [3.63, 3.8) is 0 Å². The minimum absolute atomic E-state index is 0.0185. The predicted molar refractivity (Wildman–Crippen MR) is 237 cm³/mol. The number of hydrogen-bond donors (Lipinski definition) is 1. The minimum Gasteiger partial charge on any atom is -0.481 e. The summed E-state index contributed by atoms with van der Waals surface area (Å²) in [7, 11) is 0. The van der Waals surface area contributed by atoms with Crippen LogP contribution in [0.3, 0.4) is 0 Å². The van der Waals surface area contributed by atoms with Gasteiger partial charge in [0.1, 0.15) is 24.9 Å². The Morgan fingerprint density at radius 1 is 0.767 bits per heavy atom. The predicted octanol–water partition coefficient (Wildman–Crippen LogP) is 12.6. The Balaban J connectivity index is 0.957.